The van der Waals surface area contributed by atoms with Crippen molar-refractivity contribution < 1.29 is 0 Å². The van der Waals surface area contributed by atoms with Crippen molar-refractivity contribution in [2.24, 2.45) is 5.73 Å². The average molecular weight is 185 g/mol. The number of hydrogen-bond acceptors (Lipinski definition) is 4. The largest absolute Gasteiger partial charge is 0.322 e. The quantitative estimate of drug-likeness (QED) is 0.770. The Balaban J connectivity index is 2.64. The highest BCUT2D eigenvalue weighted by Crippen LogP contribution is 2.18. The Kier molecular flexibility index (Phi) is 3.20. The van der Waals surface area contributed by atoms with E-state index in [2.05, 4.69) is 9.88 Å². The topological polar surface area (TPSA) is 42.1 Å². The van der Waals surface area contributed by atoms with Gasteiger partial charge in [-0.3, -0.25) is 0 Å². The third kappa shape index (κ3) is 2.55. The molecule has 1 atom stereocenters. The van der Waals surface area contributed by atoms with Gasteiger partial charge in [0.15, 0.2) is 0 Å². The van der Waals surface area contributed by atoms with Crippen molar-refractivity contribution in [3.63, 3.8) is 0 Å². The second-order valence-electron chi connectivity index (χ2n) is 3.19. The molecule has 2 N–H and O–H groups in total. The van der Waals surface area contributed by atoms with Crippen molar-refractivity contribution in [3.05, 3.63) is 16.1 Å². The molecule has 68 valence electrons. The van der Waals surface area contributed by atoms with Gasteiger partial charge in [0.1, 0.15) is 5.01 Å². The van der Waals surface area contributed by atoms with Gasteiger partial charge in [-0.1, -0.05) is 0 Å². The highest BCUT2D eigenvalue weighted by Gasteiger charge is 2.05. The zero-order valence-electron chi connectivity index (χ0n) is 7.74. The fourth-order valence-corrected chi connectivity index (χ4v) is 1.91. The molecule has 12 heavy (non-hydrogen) atoms. The monoisotopic (exact) mass is 185 g/mol. The first-order valence-corrected chi connectivity index (χ1v) is 4.76. The van der Waals surface area contributed by atoms with E-state index in [0.29, 0.717) is 0 Å². The molecule has 1 heterocycles. The van der Waals surface area contributed by atoms with Gasteiger partial charge < -0.3 is 10.6 Å². The molecule has 0 radical (unpaired) electrons. The lowest BCUT2D eigenvalue weighted by molar-refractivity contribution is 0.406. The zero-order chi connectivity index (χ0) is 9.14. The van der Waals surface area contributed by atoms with Crippen molar-refractivity contribution in [1.82, 2.24) is 9.88 Å². The fourth-order valence-electron chi connectivity index (χ4n) is 0.918. The van der Waals surface area contributed by atoms with E-state index in [1.807, 2.05) is 27.2 Å². The van der Waals surface area contributed by atoms with E-state index in [1.165, 1.54) is 4.88 Å². The molecule has 0 spiro atoms. The lowest BCUT2D eigenvalue weighted by atomic mass is 10.4. The Hall–Kier alpha value is -0.450. The highest BCUT2D eigenvalue weighted by molar-refractivity contribution is 7.11. The Morgan fingerprint density at radius 2 is 2.33 bits per heavy atom. The van der Waals surface area contributed by atoms with Crippen LogP contribution in [0.2, 0.25) is 0 Å². The van der Waals surface area contributed by atoms with Crippen molar-refractivity contribution in [2.45, 2.75) is 19.5 Å². The molecule has 0 bridgehead atoms. The van der Waals surface area contributed by atoms with Crippen LogP contribution in [0.3, 0.4) is 0 Å². The molecule has 0 aliphatic rings. The molecule has 0 aliphatic carbocycles. The van der Waals surface area contributed by atoms with Gasteiger partial charge in [-0.25, -0.2) is 4.98 Å². The summed E-state index contributed by atoms with van der Waals surface area (Å²) >= 11 is 1.69. The normalized spacial score (nSPS) is 13.8. The molecule has 0 aliphatic heterocycles. The van der Waals surface area contributed by atoms with Gasteiger partial charge in [-0.05, 0) is 21.0 Å². The number of aromatic nitrogens is 1. The van der Waals surface area contributed by atoms with Crippen molar-refractivity contribution in [2.75, 3.05) is 14.1 Å². The Bertz CT molecular complexity index is 242. The van der Waals surface area contributed by atoms with Crippen LogP contribution in [0.15, 0.2) is 6.20 Å². The SMILES string of the molecule is C[C@H](N)c1ncc(CN(C)C)s1. The van der Waals surface area contributed by atoms with Crippen molar-refractivity contribution in [3.8, 4) is 0 Å². The summed E-state index contributed by atoms with van der Waals surface area (Å²) in [7, 11) is 4.09. The maximum absolute atomic E-state index is 5.69. The van der Waals surface area contributed by atoms with E-state index in [9.17, 15) is 0 Å². The molecule has 1 aromatic rings. The van der Waals surface area contributed by atoms with Crippen LogP contribution < -0.4 is 5.73 Å². The van der Waals surface area contributed by atoms with Crippen molar-refractivity contribution >= 4 is 11.3 Å². The number of thiazole rings is 1. The molecule has 1 aromatic heterocycles. The van der Waals surface area contributed by atoms with Gasteiger partial charge >= 0.3 is 0 Å². The minimum absolute atomic E-state index is 0.0610. The van der Waals surface area contributed by atoms with Crippen LogP contribution in [0.25, 0.3) is 0 Å². The minimum atomic E-state index is 0.0610. The van der Waals surface area contributed by atoms with Crippen LogP contribution in [0.4, 0.5) is 0 Å². The smallest absolute Gasteiger partial charge is 0.109 e. The van der Waals surface area contributed by atoms with Crippen molar-refractivity contribution in [1.29, 1.82) is 0 Å². The molecular formula is C8H15N3S. The summed E-state index contributed by atoms with van der Waals surface area (Å²) in [4.78, 5) is 7.63. The summed E-state index contributed by atoms with van der Waals surface area (Å²) in [6.07, 6.45) is 1.91. The molecule has 0 unspecified atom stereocenters. The zero-order valence-corrected chi connectivity index (χ0v) is 8.56. The molecule has 0 aromatic carbocycles. The van der Waals surface area contributed by atoms with Gasteiger partial charge in [0.25, 0.3) is 0 Å². The Morgan fingerprint density at radius 3 is 2.75 bits per heavy atom. The van der Waals surface area contributed by atoms with Gasteiger partial charge in [0.2, 0.25) is 0 Å². The molecule has 3 nitrogen and oxygen atoms in total. The predicted molar refractivity (Wildman–Crippen MR) is 52.1 cm³/mol. The average Bonchev–Trinajstić information content (AvgIpc) is 2.34. The lowest BCUT2D eigenvalue weighted by Crippen LogP contribution is -2.09. The minimum Gasteiger partial charge on any atom is -0.322 e. The van der Waals surface area contributed by atoms with Crippen LogP contribution in [0.1, 0.15) is 22.9 Å². The van der Waals surface area contributed by atoms with Gasteiger partial charge in [0, 0.05) is 17.6 Å². The van der Waals surface area contributed by atoms with Gasteiger partial charge in [0.05, 0.1) is 6.04 Å². The summed E-state index contributed by atoms with van der Waals surface area (Å²) < 4.78 is 0. The van der Waals surface area contributed by atoms with E-state index in [-0.39, 0.29) is 6.04 Å². The van der Waals surface area contributed by atoms with Gasteiger partial charge in [-0.15, -0.1) is 11.3 Å². The van der Waals surface area contributed by atoms with Crippen LogP contribution in [0, 0.1) is 0 Å². The van der Waals surface area contributed by atoms with Crippen LogP contribution >= 0.6 is 11.3 Å². The molecule has 1 rings (SSSR count). The van der Waals surface area contributed by atoms with E-state index < -0.39 is 0 Å². The first-order chi connectivity index (χ1) is 5.59. The summed E-state index contributed by atoms with van der Waals surface area (Å²) in [5.41, 5.74) is 5.69. The maximum Gasteiger partial charge on any atom is 0.109 e. The molecule has 0 fully saturated rings. The van der Waals surface area contributed by atoms with Crippen LogP contribution in [-0.2, 0) is 6.54 Å². The fraction of sp³-hybridized carbons (Fsp3) is 0.625. The first-order valence-electron chi connectivity index (χ1n) is 3.94. The van der Waals surface area contributed by atoms with E-state index in [0.717, 1.165) is 11.6 Å². The molecule has 0 amide bonds. The second kappa shape index (κ2) is 3.98. The summed E-state index contributed by atoms with van der Waals surface area (Å²) in [6, 6.07) is 0.0610. The third-order valence-electron chi connectivity index (χ3n) is 1.43. The van der Waals surface area contributed by atoms with Crippen LogP contribution in [-0.4, -0.2) is 24.0 Å². The summed E-state index contributed by atoms with van der Waals surface area (Å²) in [5.74, 6) is 0. The molecule has 0 saturated carbocycles. The Labute approximate surface area is 77.2 Å². The van der Waals surface area contributed by atoms with Gasteiger partial charge in [-0.2, -0.15) is 0 Å². The second-order valence-corrected chi connectivity index (χ2v) is 4.34. The standard InChI is InChI=1S/C8H15N3S/c1-6(9)8-10-4-7(12-8)5-11(2)3/h4,6H,5,9H2,1-3H3/t6-/m0/s1. The lowest BCUT2D eigenvalue weighted by Gasteiger charge is -2.05. The first kappa shape index (κ1) is 9.64. The Morgan fingerprint density at radius 1 is 1.67 bits per heavy atom. The number of hydrogen-bond donors (Lipinski definition) is 1. The molecular weight excluding hydrogens is 170 g/mol. The molecule has 4 heteroatoms. The number of nitrogens with zero attached hydrogens (tertiary/aromatic N) is 2. The summed E-state index contributed by atoms with van der Waals surface area (Å²) in [6.45, 7) is 2.91. The van der Waals surface area contributed by atoms with Crippen LogP contribution in [0.5, 0.6) is 0 Å². The summed E-state index contributed by atoms with van der Waals surface area (Å²) in [5, 5.41) is 1.02. The van der Waals surface area contributed by atoms with E-state index in [1.54, 1.807) is 11.3 Å². The number of nitrogens with two attached hydrogens (primary N) is 1. The predicted octanol–water partition coefficient (Wildman–Crippen LogP) is 1.22. The van der Waals surface area contributed by atoms with E-state index in [4.69, 9.17) is 5.73 Å². The highest BCUT2D eigenvalue weighted by atomic mass is 32.1. The maximum atomic E-state index is 5.69. The molecule has 0 saturated heterocycles. The van der Waals surface area contributed by atoms with E-state index >= 15 is 0 Å². The third-order valence-corrected chi connectivity index (χ3v) is 2.62. The number of rotatable bonds is 3.